The lowest BCUT2D eigenvalue weighted by atomic mass is 10.1. The number of aromatic nitrogens is 1. The van der Waals surface area contributed by atoms with Crippen LogP contribution in [0.1, 0.15) is 29.5 Å². The fraction of sp³-hybridized carbons (Fsp3) is 0.375. The largest absolute Gasteiger partial charge is 0.360 e. The number of halogens is 2. The maximum atomic E-state index is 12.4. The minimum Gasteiger partial charge on any atom is -0.360 e. The molecule has 126 valence electrons. The number of hydrogen-bond donors (Lipinski definition) is 2. The second kappa shape index (κ2) is 9.55. The molecule has 0 bridgehead atoms. The second-order valence-corrected chi connectivity index (χ2v) is 5.36. The summed E-state index contributed by atoms with van der Waals surface area (Å²) in [4.78, 5) is 12.4. The summed E-state index contributed by atoms with van der Waals surface area (Å²) < 4.78 is 5.19. The van der Waals surface area contributed by atoms with Crippen molar-refractivity contribution >= 4 is 29.9 Å². The Morgan fingerprint density at radius 3 is 2.70 bits per heavy atom. The molecule has 23 heavy (non-hydrogen) atoms. The number of hydrogen-bond acceptors (Lipinski definition) is 4. The summed E-state index contributed by atoms with van der Waals surface area (Å²) in [6, 6.07) is 7.26. The second-order valence-electron chi connectivity index (χ2n) is 4.95. The van der Waals surface area contributed by atoms with E-state index in [1.54, 1.807) is 13.0 Å². The molecule has 1 aromatic carbocycles. The summed E-state index contributed by atoms with van der Waals surface area (Å²) in [5, 5.41) is 10.6. The third-order valence-corrected chi connectivity index (χ3v) is 3.56. The highest BCUT2D eigenvalue weighted by molar-refractivity contribution is 6.33. The Bertz CT molecular complexity index is 644. The summed E-state index contributed by atoms with van der Waals surface area (Å²) in [7, 11) is 0. The van der Waals surface area contributed by atoms with E-state index >= 15 is 0 Å². The molecule has 0 saturated carbocycles. The SMILES string of the molecule is CCCNCCNC(=O)c1c(-c2ccccc2Cl)noc1C.Cl. The smallest absolute Gasteiger partial charge is 0.257 e. The first-order chi connectivity index (χ1) is 10.6. The van der Waals surface area contributed by atoms with Crippen molar-refractivity contribution < 1.29 is 9.32 Å². The number of benzene rings is 1. The molecule has 0 radical (unpaired) electrons. The Hall–Kier alpha value is -1.56. The summed E-state index contributed by atoms with van der Waals surface area (Å²) >= 11 is 6.18. The average molecular weight is 358 g/mol. The first-order valence-corrected chi connectivity index (χ1v) is 7.73. The van der Waals surface area contributed by atoms with E-state index in [1.807, 2.05) is 18.2 Å². The van der Waals surface area contributed by atoms with Crippen LogP contribution in [-0.2, 0) is 0 Å². The average Bonchev–Trinajstić information content (AvgIpc) is 2.89. The number of carbonyl (C=O) groups excluding carboxylic acids is 1. The van der Waals surface area contributed by atoms with Crippen molar-refractivity contribution in [2.75, 3.05) is 19.6 Å². The van der Waals surface area contributed by atoms with Gasteiger partial charge in [-0.3, -0.25) is 4.79 Å². The van der Waals surface area contributed by atoms with Crippen molar-refractivity contribution in [1.29, 1.82) is 0 Å². The first-order valence-electron chi connectivity index (χ1n) is 7.35. The highest BCUT2D eigenvalue weighted by Crippen LogP contribution is 2.30. The number of aryl methyl sites for hydroxylation is 1. The van der Waals surface area contributed by atoms with Gasteiger partial charge in [-0.25, -0.2) is 0 Å². The fourth-order valence-corrected chi connectivity index (χ4v) is 2.36. The van der Waals surface area contributed by atoms with Crippen LogP contribution in [0.5, 0.6) is 0 Å². The molecule has 0 saturated heterocycles. The zero-order chi connectivity index (χ0) is 15.9. The number of nitrogens with one attached hydrogen (secondary N) is 2. The minimum absolute atomic E-state index is 0. The van der Waals surface area contributed by atoms with Crippen LogP contribution in [0.15, 0.2) is 28.8 Å². The Balaban J connectivity index is 0.00000264. The molecule has 7 heteroatoms. The van der Waals surface area contributed by atoms with Crippen LogP contribution in [-0.4, -0.2) is 30.7 Å². The minimum atomic E-state index is -0.202. The predicted molar refractivity (Wildman–Crippen MR) is 94.4 cm³/mol. The normalized spacial score (nSPS) is 10.2. The van der Waals surface area contributed by atoms with Gasteiger partial charge in [-0.1, -0.05) is 41.9 Å². The zero-order valence-electron chi connectivity index (χ0n) is 13.2. The van der Waals surface area contributed by atoms with Crippen LogP contribution < -0.4 is 10.6 Å². The Kier molecular flexibility index (Phi) is 8.09. The fourth-order valence-electron chi connectivity index (χ4n) is 2.13. The third kappa shape index (κ3) is 4.96. The van der Waals surface area contributed by atoms with Gasteiger partial charge in [0.1, 0.15) is 17.0 Å². The summed E-state index contributed by atoms with van der Waals surface area (Å²) in [6.45, 7) is 6.03. The van der Waals surface area contributed by atoms with Gasteiger partial charge < -0.3 is 15.2 Å². The van der Waals surface area contributed by atoms with E-state index in [2.05, 4.69) is 22.7 Å². The lowest BCUT2D eigenvalue weighted by Gasteiger charge is -2.07. The van der Waals surface area contributed by atoms with Crippen LogP contribution in [0.3, 0.4) is 0 Å². The van der Waals surface area contributed by atoms with Crippen LogP contribution in [0.25, 0.3) is 11.3 Å². The molecule has 0 unspecified atom stereocenters. The molecule has 1 aromatic heterocycles. The molecule has 2 aromatic rings. The quantitative estimate of drug-likeness (QED) is 0.744. The summed E-state index contributed by atoms with van der Waals surface area (Å²) in [6.07, 6.45) is 1.06. The van der Waals surface area contributed by atoms with Crippen LogP contribution in [0.4, 0.5) is 0 Å². The Morgan fingerprint density at radius 2 is 2.00 bits per heavy atom. The van der Waals surface area contributed by atoms with Crippen LogP contribution >= 0.6 is 24.0 Å². The molecule has 0 atom stereocenters. The molecule has 0 spiro atoms. The number of rotatable bonds is 7. The molecule has 0 aliphatic rings. The van der Waals surface area contributed by atoms with E-state index < -0.39 is 0 Å². The van der Waals surface area contributed by atoms with Crippen molar-refractivity contribution in [3.05, 3.63) is 40.6 Å². The van der Waals surface area contributed by atoms with Gasteiger partial charge in [0.25, 0.3) is 5.91 Å². The molecule has 1 amide bonds. The van der Waals surface area contributed by atoms with Crippen molar-refractivity contribution in [2.45, 2.75) is 20.3 Å². The van der Waals surface area contributed by atoms with Crippen molar-refractivity contribution in [3.8, 4) is 11.3 Å². The first kappa shape index (κ1) is 19.5. The third-order valence-electron chi connectivity index (χ3n) is 3.23. The Morgan fingerprint density at radius 1 is 1.26 bits per heavy atom. The van der Waals surface area contributed by atoms with Gasteiger partial charge >= 0.3 is 0 Å². The van der Waals surface area contributed by atoms with Gasteiger partial charge in [0.2, 0.25) is 0 Å². The number of carbonyl (C=O) groups is 1. The molecule has 1 heterocycles. The zero-order valence-corrected chi connectivity index (χ0v) is 14.8. The van der Waals surface area contributed by atoms with Crippen molar-refractivity contribution in [1.82, 2.24) is 15.8 Å². The molecule has 0 aliphatic carbocycles. The highest BCUT2D eigenvalue weighted by atomic mass is 35.5. The molecule has 0 aliphatic heterocycles. The van der Waals surface area contributed by atoms with Gasteiger partial charge in [0, 0.05) is 18.7 Å². The highest BCUT2D eigenvalue weighted by Gasteiger charge is 2.22. The van der Waals surface area contributed by atoms with Gasteiger partial charge in [-0.15, -0.1) is 12.4 Å². The van der Waals surface area contributed by atoms with Gasteiger partial charge in [0.15, 0.2) is 0 Å². The molecule has 2 N–H and O–H groups in total. The molecule has 5 nitrogen and oxygen atoms in total. The van der Waals surface area contributed by atoms with E-state index in [9.17, 15) is 4.79 Å². The van der Waals surface area contributed by atoms with E-state index in [0.29, 0.717) is 34.1 Å². The lowest BCUT2D eigenvalue weighted by Crippen LogP contribution is -2.32. The van der Waals surface area contributed by atoms with Crippen molar-refractivity contribution in [2.24, 2.45) is 0 Å². The standard InChI is InChI=1S/C16H20ClN3O2.ClH/c1-3-8-18-9-10-19-16(21)14-11(2)22-20-15(14)12-6-4-5-7-13(12)17;/h4-7,18H,3,8-10H2,1-2H3,(H,19,21);1H. The Labute approximate surface area is 147 Å². The van der Waals surface area contributed by atoms with E-state index in [1.165, 1.54) is 0 Å². The van der Waals surface area contributed by atoms with Gasteiger partial charge in [-0.2, -0.15) is 0 Å². The number of amides is 1. The van der Waals surface area contributed by atoms with Crippen LogP contribution in [0.2, 0.25) is 5.02 Å². The maximum absolute atomic E-state index is 12.4. The van der Waals surface area contributed by atoms with Crippen LogP contribution in [0, 0.1) is 6.92 Å². The predicted octanol–water partition coefficient (Wildman–Crippen LogP) is 3.45. The molecule has 0 fully saturated rings. The lowest BCUT2D eigenvalue weighted by molar-refractivity contribution is 0.0953. The summed E-state index contributed by atoms with van der Waals surface area (Å²) in [5.41, 5.74) is 1.60. The van der Waals surface area contributed by atoms with Gasteiger partial charge in [0.05, 0.1) is 5.02 Å². The van der Waals surface area contributed by atoms with Gasteiger partial charge in [-0.05, 0) is 26.0 Å². The topological polar surface area (TPSA) is 67.2 Å². The maximum Gasteiger partial charge on any atom is 0.257 e. The molecular weight excluding hydrogens is 337 g/mol. The van der Waals surface area contributed by atoms with E-state index in [4.69, 9.17) is 16.1 Å². The summed E-state index contributed by atoms with van der Waals surface area (Å²) in [5.74, 6) is 0.279. The molecular formula is C16H21Cl2N3O2. The monoisotopic (exact) mass is 357 g/mol. The number of nitrogens with zero attached hydrogens (tertiary/aromatic N) is 1. The van der Waals surface area contributed by atoms with E-state index in [0.717, 1.165) is 19.5 Å². The van der Waals surface area contributed by atoms with Crippen molar-refractivity contribution in [3.63, 3.8) is 0 Å². The molecule has 2 rings (SSSR count). The van der Waals surface area contributed by atoms with E-state index in [-0.39, 0.29) is 18.3 Å².